The van der Waals surface area contributed by atoms with Crippen LogP contribution in [0.15, 0.2) is 47.5 Å². The lowest BCUT2D eigenvalue weighted by molar-refractivity contribution is -0.122. The number of rotatable bonds is 5. The number of nitrogens with zero attached hydrogens (tertiary/aromatic N) is 2. The van der Waals surface area contributed by atoms with Crippen LogP contribution in [0.2, 0.25) is 5.02 Å². The molecule has 0 spiro atoms. The summed E-state index contributed by atoms with van der Waals surface area (Å²) in [5, 5.41) is 6.09. The summed E-state index contributed by atoms with van der Waals surface area (Å²) in [6.07, 6.45) is 0.0561. The van der Waals surface area contributed by atoms with Crippen molar-refractivity contribution in [2.24, 2.45) is 4.99 Å². The number of hydrogen-bond acceptors (Lipinski definition) is 5. The Balaban J connectivity index is 1.60. The number of amides is 2. The number of anilines is 2. The first-order chi connectivity index (χ1) is 13.3. The Morgan fingerprint density at radius 3 is 2.61 bits per heavy atom. The van der Waals surface area contributed by atoms with Gasteiger partial charge >= 0.3 is 0 Å². The van der Waals surface area contributed by atoms with E-state index in [1.165, 1.54) is 11.8 Å². The SMILES string of the molecule is Cc1ccc(NC(=O)CC2SC(=Nc3ccc(N(C)C)cc3)NC2=O)cc1Cl. The first-order valence-corrected chi connectivity index (χ1v) is 9.97. The maximum atomic E-state index is 12.3. The third-order valence-electron chi connectivity index (χ3n) is 4.20. The minimum absolute atomic E-state index is 0.0561. The number of carbonyl (C=O) groups is 2. The molecule has 2 N–H and O–H groups in total. The van der Waals surface area contributed by atoms with Gasteiger partial charge in [-0.1, -0.05) is 29.4 Å². The summed E-state index contributed by atoms with van der Waals surface area (Å²) in [5.41, 5.74) is 3.36. The first-order valence-electron chi connectivity index (χ1n) is 8.71. The zero-order valence-electron chi connectivity index (χ0n) is 15.8. The van der Waals surface area contributed by atoms with E-state index in [0.717, 1.165) is 16.9 Å². The number of aliphatic imine (C=N–C) groups is 1. The van der Waals surface area contributed by atoms with Crippen LogP contribution < -0.4 is 15.5 Å². The summed E-state index contributed by atoms with van der Waals surface area (Å²) < 4.78 is 0. The largest absolute Gasteiger partial charge is 0.378 e. The Morgan fingerprint density at radius 2 is 1.96 bits per heavy atom. The van der Waals surface area contributed by atoms with Crippen molar-refractivity contribution in [3.05, 3.63) is 53.1 Å². The predicted octanol–water partition coefficient (Wildman–Crippen LogP) is 3.96. The van der Waals surface area contributed by atoms with E-state index < -0.39 is 5.25 Å². The number of thioether (sulfide) groups is 1. The van der Waals surface area contributed by atoms with Crippen molar-refractivity contribution in [3.63, 3.8) is 0 Å². The van der Waals surface area contributed by atoms with E-state index in [1.54, 1.807) is 12.1 Å². The molecule has 28 heavy (non-hydrogen) atoms. The van der Waals surface area contributed by atoms with Crippen LogP contribution in [-0.2, 0) is 9.59 Å². The fourth-order valence-corrected chi connectivity index (χ4v) is 3.75. The van der Waals surface area contributed by atoms with Crippen LogP contribution in [0.5, 0.6) is 0 Å². The molecule has 1 fully saturated rings. The van der Waals surface area contributed by atoms with Gasteiger partial charge in [0, 0.05) is 36.9 Å². The third-order valence-corrected chi connectivity index (χ3v) is 5.69. The molecule has 0 radical (unpaired) electrons. The van der Waals surface area contributed by atoms with Gasteiger partial charge in [0.25, 0.3) is 0 Å². The van der Waals surface area contributed by atoms with E-state index in [1.807, 2.05) is 56.3 Å². The maximum absolute atomic E-state index is 12.3. The van der Waals surface area contributed by atoms with E-state index in [0.29, 0.717) is 15.9 Å². The monoisotopic (exact) mass is 416 g/mol. The van der Waals surface area contributed by atoms with Gasteiger partial charge in [0.2, 0.25) is 11.8 Å². The average molecular weight is 417 g/mol. The van der Waals surface area contributed by atoms with E-state index in [9.17, 15) is 9.59 Å². The minimum Gasteiger partial charge on any atom is -0.378 e. The van der Waals surface area contributed by atoms with Crippen molar-refractivity contribution < 1.29 is 9.59 Å². The van der Waals surface area contributed by atoms with Crippen LogP contribution in [0.25, 0.3) is 0 Å². The highest BCUT2D eigenvalue weighted by atomic mass is 35.5. The molecule has 2 amide bonds. The van der Waals surface area contributed by atoms with E-state index >= 15 is 0 Å². The fraction of sp³-hybridized carbons (Fsp3) is 0.250. The predicted molar refractivity (Wildman–Crippen MR) is 117 cm³/mol. The van der Waals surface area contributed by atoms with Gasteiger partial charge in [-0.3, -0.25) is 9.59 Å². The lowest BCUT2D eigenvalue weighted by atomic mass is 10.2. The van der Waals surface area contributed by atoms with Crippen LogP contribution in [0.1, 0.15) is 12.0 Å². The first kappa shape index (κ1) is 20.2. The van der Waals surface area contributed by atoms with Crippen molar-refractivity contribution >= 4 is 57.4 Å². The zero-order chi connectivity index (χ0) is 20.3. The Kier molecular flexibility index (Phi) is 6.26. The quantitative estimate of drug-likeness (QED) is 0.773. The van der Waals surface area contributed by atoms with Crippen LogP contribution in [0.4, 0.5) is 17.1 Å². The Bertz CT molecular complexity index is 928. The number of halogens is 1. The second-order valence-corrected chi connectivity index (χ2v) is 8.24. The Labute approximate surface area is 173 Å². The van der Waals surface area contributed by atoms with Crippen LogP contribution in [0.3, 0.4) is 0 Å². The van der Waals surface area contributed by atoms with Gasteiger partial charge in [-0.05, 0) is 48.9 Å². The Hall–Kier alpha value is -2.51. The molecule has 0 saturated carbocycles. The highest BCUT2D eigenvalue weighted by molar-refractivity contribution is 8.15. The van der Waals surface area contributed by atoms with Crippen molar-refractivity contribution in [2.45, 2.75) is 18.6 Å². The van der Waals surface area contributed by atoms with E-state index in [2.05, 4.69) is 15.6 Å². The van der Waals surface area contributed by atoms with Crippen LogP contribution in [-0.4, -0.2) is 36.3 Å². The number of aryl methyl sites for hydroxylation is 1. The molecular weight excluding hydrogens is 396 g/mol. The molecule has 6 nitrogen and oxygen atoms in total. The van der Waals surface area contributed by atoms with Crippen LogP contribution >= 0.6 is 23.4 Å². The number of carbonyl (C=O) groups excluding carboxylic acids is 2. The summed E-state index contributed by atoms with van der Waals surface area (Å²) in [4.78, 5) is 30.9. The zero-order valence-corrected chi connectivity index (χ0v) is 17.4. The second-order valence-electron chi connectivity index (χ2n) is 6.64. The molecule has 1 saturated heterocycles. The van der Waals surface area contributed by atoms with E-state index in [4.69, 9.17) is 11.6 Å². The topological polar surface area (TPSA) is 73.8 Å². The smallest absolute Gasteiger partial charge is 0.240 e. The summed E-state index contributed by atoms with van der Waals surface area (Å²) in [6, 6.07) is 13.0. The van der Waals surface area contributed by atoms with Crippen molar-refractivity contribution in [2.75, 3.05) is 24.3 Å². The minimum atomic E-state index is -0.513. The van der Waals surface area contributed by atoms with Gasteiger partial charge in [0.05, 0.1) is 5.69 Å². The summed E-state index contributed by atoms with van der Waals surface area (Å²) in [7, 11) is 3.93. The van der Waals surface area contributed by atoms with Gasteiger partial charge in [0.1, 0.15) is 5.25 Å². The maximum Gasteiger partial charge on any atom is 0.240 e. The molecule has 0 aromatic heterocycles. The number of nitrogens with one attached hydrogen (secondary N) is 2. The van der Waals surface area contributed by atoms with Crippen LogP contribution in [0, 0.1) is 6.92 Å². The highest BCUT2D eigenvalue weighted by Gasteiger charge is 2.32. The van der Waals surface area contributed by atoms with Crippen molar-refractivity contribution in [1.82, 2.24) is 5.32 Å². The van der Waals surface area contributed by atoms with Gasteiger partial charge in [-0.2, -0.15) is 0 Å². The number of hydrogen-bond donors (Lipinski definition) is 2. The van der Waals surface area contributed by atoms with Crippen molar-refractivity contribution in [3.8, 4) is 0 Å². The molecule has 1 unspecified atom stereocenters. The molecule has 1 heterocycles. The molecule has 8 heteroatoms. The van der Waals surface area contributed by atoms with Gasteiger partial charge in [-0.25, -0.2) is 4.99 Å². The molecule has 1 aliphatic rings. The molecule has 0 bridgehead atoms. The summed E-state index contributed by atoms with van der Waals surface area (Å²) in [6.45, 7) is 1.89. The molecule has 2 aromatic carbocycles. The molecule has 2 aromatic rings. The highest BCUT2D eigenvalue weighted by Crippen LogP contribution is 2.27. The van der Waals surface area contributed by atoms with Gasteiger partial charge < -0.3 is 15.5 Å². The van der Waals surface area contributed by atoms with Gasteiger partial charge in [0.15, 0.2) is 5.17 Å². The summed E-state index contributed by atoms with van der Waals surface area (Å²) >= 11 is 7.34. The average Bonchev–Trinajstić information content (AvgIpc) is 2.97. The molecule has 146 valence electrons. The molecule has 3 rings (SSSR count). The molecular formula is C20H21ClN4O2S. The third kappa shape index (κ3) is 5.05. The lowest BCUT2D eigenvalue weighted by Gasteiger charge is -2.11. The fourth-order valence-electron chi connectivity index (χ4n) is 2.59. The van der Waals surface area contributed by atoms with E-state index in [-0.39, 0.29) is 18.2 Å². The summed E-state index contributed by atoms with van der Waals surface area (Å²) in [5.74, 6) is -0.463. The standard InChI is InChI=1S/C20H21ClN4O2S/c1-12-4-5-14(10-16(12)21)22-18(26)11-17-19(27)24-20(28-17)23-13-6-8-15(9-7-13)25(2)3/h4-10,17H,11H2,1-3H3,(H,22,26)(H,23,24,27). The second kappa shape index (κ2) is 8.67. The molecule has 1 atom stereocenters. The lowest BCUT2D eigenvalue weighted by Crippen LogP contribution is -2.28. The normalized spacial score (nSPS) is 17.5. The van der Waals surface area contributed by atoms with Crippen molar-refractivity contribution in [1.29, 1.82) is 0 Å². The number of benzene rings is 2. The Morgan fingerprint density at radius 1 is 1.25 bits per heavy atom. The van der Waals surface area contributed by atoms with Gasteiger partial charge in [-0.15, -0.1) is 0 Å². The number of amidine groups is 1. The molecule has 1 aliphatic heterocycles. The molecule has 0 aliphatic carbocycles.